The van der Waals surface area contributed by atoms with E-state index < -0.39 is 63.6 Å². The van der Waals surface area contributed by atoms with Crippen LogP contribution in [0, 0.1) is 0 Å². The number of halogens is 6. The first-order valence-corrected chi connectivity index (χ1v) is 13.0. The van der Waals surface area contributed by atoms with Gasteiger partial charge < -0.3 is 14.0 Å². The second-order valence-electron chi connectivity index (χ2n) is 9.64. The predicted octanol–water partition coefficient (Wildman–Crippen LogP) is 4.78. The lowest BCUT2D eigenvalue weighted by Crippen LogP contribution is -2.35. The maximum absolute atomic E-state index is 13.5. The normalized spacial score (nSPS) is 16.3. The number of nitrogens with zero attached hydrogens (tertiary/aromatic N) is 4. The molecule has 1 amide bonds. The maximum Gasteiger partial charge on any atom is 0.416 e. The molecule has 3 aromatic heterocycles. The minimum absolute atomic E-state index is 0.0358. The molecule has 226 valence electrons. The first-order chi connectivity index (χ1) is 20.3. The van der Waals surface area contributed by atoms with Gasteiger partial charge in [-0.05, 0) is 56.2 Å². The third-order valence-corrected chi connectivity index (χ3v) is 6.74. The van der Waals surface area contributed by atoms with Gasteiger partial charge in [-0.1, -0.05) is 6.07 Å². The van der Waals surface area contributed by atoms with E-state index in [0.29, 0.717) is 19.4 Å². The van der Waals surface area contributed by atoms with Crippen LogP contribution < -0.4 is 11.0 Å². The third-order valence-electron chi connectivity index (χ3n) is 6.74. The lowest BCUT2D eigenvalue weighted by molar-refractivity contribution is -0.143. The minimum atomic E-state index is -5.21. The third kappa shape index (κ3) is 6.02. The van der Waals surface area contributed by atoms with Gasteiger partial charge in [0.15, 0.2) is 5.49 Å². The van der Waals surface area contributed by atoms with Crippen molar-refractivity contribution in [3.63, 3.8) is 0 Å². The van der Waals surface area contributed by atoms with E-state index >= 15 is 0 Å². The molecule has 0 saturated carbocycles. The Kier molecular flexibility index (Phi) is 7.86. The van der Waals surface area contributed by atoms with Crippen LogP contribution in [-0.2, 0) is 28.4 Å². The fourth-order valence-corrected chi connectivity index (χ4v) is 4.76. The van der Waals surface area contributed by atoms with Crippen LogP contribution in [0.4, 0.5) is 26.3 Å². The monoisotopic (exact) mass is 608 g/mol. The molecule has 1 fully saturated rings. The van der Waals surface area contributed by atoms with E-state index in [-0.39, 0.29) is 48.0 Å². The maximum atomic E-state index is 13.5. The standard InChI is InChI=1S/C28H22F6N4O5/c1-2-42-26(41)20-13-19-22(35-21-7-3-4-8-37(21)25(19)40)38(14-18-6-5-9-43-18)23(20)36-24(39)15-10-16(27(29,30)31)12-17(11-15)28(32,33)34/h3-4,7-8,10-13,18H,2,5-6,9,14H2,1H3/t18-/m1/s1. The quantitative estimate of drug-likeness (QED) is 0.184. The van der Waals surface area contributed by atoms with Gasteiger partial charge in [0.1, 0.15) is 16.9 Å². The van der Waals surface area contributed by atoms with Crippen LogP contribution in [-0.4, -0.2) is 45.1 Å². The number of ether oxygens (including phenoxy) is 2. The molecule has 1 aliphatic heterocycles. The average Bonchev–Trinajstić information content (AvgIpc) is 3.46. The highest BCUT2D eigenvalue weighted by molar-refractivity contribution is 5.97. The lowest BCUT2D eigenvalue weighted by atomic mass is 10.0. The molecular formula is C28H22F6N4O5. The Balaban J connectivity index is 1.84. The van der Waals surface area contributed by atoms with Gasteiger partial charge in [0, 0.05) is 18.4 Å². The summed E-state index contributed by atoms with van der Waals surface area (Å²) in [5.41, 5.74) is -5.76. The number of aromatic nitrogens is 3. The zero-order chi connectivity index (χ0) is 31.1. The van der Waals surface area contributed by atoms with Crippen molar-refractivity contribution in [2.24, 2.45) is 4.99 Å². The van der Waals surface area contributed by atoms with Gasteiger partial charge in [-0.25, -0.2) is 9.78 Å². The summed E-state index contributed by atoms with van der Waals surface area (Å²) in [6.45, 7) is 1.66. The van der Waals surface area contributed by atoms with Crippen molar-refractivity contribution >= 4 is 28.6 Å². The minimum Gasteiger partial charge on any atom is -0.462 e. The number of alkyl halides is 6. The Morgan fingerprint density at radius 1 is 1.07 bits per heavy atom. The molecule has 1 atom stereocenters. The van der Waals surface area contributed by atoms with Crippen LogP contribution in [0.1, 0.15) is 51.6 Å². The van der Waals surface area contributed by atoms with Gasteiger partial charge in [-0.3, -0.25) is 14.0 Å². The molecule has 0 N–H and O–H groups in total. The topological polar surface area (TPSA) is 104 Å². The molecule has 1 aromatic carbocycles. The van der Waals surface area contributed by atoms with Gasteiger partial charge in [0.05, 0.1) is 35.8 Å². The number of hydrogen-bond donors (Lipinski definition) is 0. The number of carbonyl (C=O) groups is 2. The largest absolute Gasteiger partial charge is 0.462 e. The lowest BCUT2D eigenvalue weighted by Gasteiger charge is -2.18. The van der Waals surface area contributed by atoms with E-state index in [1.54, 1.807) is 12.1 Å². The first-order valence-electron chi connectivity index (χ1n) is 13.0. The van der Waals surface area contributed by atoms with Crippen molar-refractivity contribution in [2.75, 3.05) is 13.2 Å². The van der Waals surface area contributed by atoms with Crippen LogP contribution in [0.25, 0.3) is 16.7 Å². The highest BCUT2D eigenvalue weighted by Gasteiger charge is 2.37. The van der Waals surface area contributed by atoms with Crippen LogP contribution in [0.5, 0.6) is 0 Å². The Morgan fingerprint density at radius 2 is 1.77 bits per heavy atom. The van der Waals surface area contributed by atoms with Crippen LogP contribution >= 0.6 is 0 Å². The summed E-state index contributed by atoms with van der Waals surface area (Å²) in [4.78, 5) is 48.2. The summed E-state index contributed by atoms with van der Waals surface area (Å²) in [6, 6.07) is 6.20. The average molecular weight is 608 g/mol. The Bertz CT molecular complexity index is 1840. The molecule has 15 heteroatoms. The second-order valence-corrected chi connectivity index (χ2v) is 9.64. The molecule has 1 saturated heterocycles. The SMILES string of the molecule is CCOC(=O)c1cc2c(=O)n3ccccc3nc2n(C[C@H]2CCCO2)c1=NC(=O)c1cc(C(F)(F)F)cc(C(F)(F)F)c1. The van der Waals surface area contributed by atoms with Gasteiger partial charge in [0.2, 0.25) is 0 Å². The highest BCUT2D eigenvalue weighted by Crippen LogP contribution is 2.36. The first kappa shape index (κ1) is 29.9. The number of amides is 1. The van der Waals surface area contributed by atoms with E-state index in [2.05, 4.69) is 9.98 Å². The van der Waals surface area contributed by atoms with Crippen molar-refractivity contribution in [3.8, 4) is 0 Å². The fraction of sp³-hybridized carbons (Fsp3) is 0.321. The zero-order valence-corrected chi connectivity index (χ0v) is 22.3. The highest BCUT2D eigenvalue weighted by atomic mass is 19.4. The van der Waals surface area contributed by atoms with Gasteiger partial charge in [0.25, 0.3) is 11.5 Å². The van der Waals surface area contributed by atoms with Crippen LogP contribution in [0.15, 0.2) is 58.4 Å². The van der Waals surface area contributed by atoms with Crippen molar-refractivity contribution in [1.29, 1.82) is 0 Å². The van der Waals surface area contributed by atoms with Crippen molar-refractivity contribution in [1.82, 2.24) is 14.0 Å². The fourth-order valence-electron chi connectivity index (χ4n) is 4.76. The Morgan fingerprint density at radius 3 is 2.37 bits per heavy atom. The molecule has 43 heavy (non-hydrogen) atoms. The van der Waals surface area contributed by atoms with E-state index in [1.165, 1.54) is 28.2 Å². The molecule has 0 unspecified atom stereocenters. The summed E-state index contributed by atoms with van der Waals surface area (Å²) in [7, 11) is 0. The summed E-state index contributed by atoms with van der Waals surface area (Å²) in [6.07, 6.45) is -8.23. The Hall–Kier alpha value is -4.53. The summed E-state index contributed by atoms with van der Waals surface area (Å²) >= 11 is 0. The molecule has 0 spiro atoms. The van der Waals surface area contributed by atoms with E-state index in [4.69, 9.17) is 9.47 Å². The van der Waals surface area contributed by atoms with Crippen molar-refractivity contribution in [3.05, 3.63) is 86.8 Å². The number of carbonyl (C=O) groups excluding carboxylic acids is 2. The number of esters is 1. The van der Waals surface area contributed by atoms with E-state index in [1.807, 2.05) is 0 Å². The smallest absolute Gasteiger partial charge is 0.416 e. The van der Waals surface area contributed by atoms with Crippen molar-refractivity contribution in [2.45, 2.75) is 44.8 Å². The molecule has 0 radical (unpaired) electrons. The summed E-state index contributed by atoms with van der Waals surface area (Å²) in [5, 5.41) is -0.0745. The van der Waals surface area contributed by atoms with Crippen molar-refractivity contribution < 1.29 is 45.4 Å². The van der Waals surface area contributed by atoms with E-state index in [9.17, 15) is 40.7 Å². The molecule has 5 rings (SSSR count). The molecular weight excluding hydrogens is 586 g/mol. The Labute approximate surface area is 238 Å². The van der Waals surface area contributed by atoms with Gasteiger partial charge >= 0.3 is 18.3 Å². The number of fused-ring (bicyclic) bond motifs is 2. The van der Waals surface area contributed by atoms with Crippen LogP contribution in [0.2, 0.25) is 0 Å². The predicted molar refractivity (Wildman–Crippen MR) is 138 cm³/mol. The summed E-state index contributed by atoms with van der Waals surface area (Å²) in [5.74, 6) is -2.53. The van der Waals surface area contributed by atoms with E-state index in [0.717, 1.165) is 6.07 Å². The number of pyridine rings is 2. The molecule has 0 bridgehead atoms. The zero-order valence-electron chi connectivity index (χ0n) is 22.3. The molecule has 1 aliphatic rings. The molecule has 9 nitrogen and oxygen atoms in total. The van der Waals surface area contributed by atoms with Gasteiger partial charge in [-0.15, -0.1) is 0 Å². The second kappa shape index (κ2) is 11.3. The molecule has 4 heterocycles. The van der Waals surface area contributed by atoms with Gasteiger partial charge in [-0.2, -0.15) is 31.3 Å². The summed E-state index contributed by atoms with van der Waals surface area (Å²) < 4.78 is 94.2. The molecule has 4 aromatic rings. The number of rotatable bonds is 5. The number of benzene rings is 1. The van der Waals surface area contributed by atoms with Crippen LogP contribution in [0.3, 0.4) is 0 Å². The molecule has 0 aliphatic carbocycles. The number of hydrogen-bond acceptors (Lipinski definition) is 6.